The van der Waals surface area contributed by atoms with Gasteiger partial charge in [-0.2, -0.15) is 4.98 Å². The van der Waals surface area contributed by atoms with E-state index in [-0.39, 0.29) is 53.0 Å². The van der Waals surface area contributed by atoms with Crippen LogP contribution in [0.1, 0.15) is 48.9 Å². The molecule has 3 heterocycles. The van der Waals surface area contributed by atoms with Gasteiger partial charge in [0.25, 0.3) is 5.91 Å². The number of hydrogen-bond donors (Lipinski definition) is 1. The molecule has 0 bridgehead atoms. The lowest BCUT2D eigenvalue weighted by molar-refractivity contribution is 0.0462. The Morgan fingerprint density at radius 3 is 2.57 bits per heavy atom. The van der Waals surface area contributed by atoms with Gasteiger partial charge in [0.2, 0.25) is 5.71 Å². The van der Waals surface area contributed by atoms with E-state index >= 15 is 0 Å². The van der Waals surface area contributed by atoms with E-state index in [1.807, 2.05) is 0 Å². The molecule has 0 saturated carbocycles. The molecule has 0 aliphatic carbocycles. The van der Waals surface area contributed by atoms with Crippen LogP contribution in [0.3, 0.4) is 0 Å². The first kappa shape index (κ1) is 23.9. The Morgan fingerprint density at radius 2 is 1.86 bits per heavy atom. The summed E-state index contributed by atoms with van der Waals surface area (Å²) < 4.78 is 16.0. The summed E-state index contributed by atoms with van der Waals surface area (Å²) in [6.45, 7) is 3.17. The highest BCUT2D eigenvalue weighted by molar-refractivity contribution is 7.12. The first-order valence-corrected chi connectivity index (χ1v) is 11.5. The number of carbonyl (C=O) groups excluding carboxylic acids is 3. The average molecular weight is 495 g/mol. The van der Waals surface area contributed by atoms with Gasteiger partial charge in [-0.05, 0) is 37.4 Å². The highest BCUT2D eigenvalue weighted by Gasteiger charge is 2.25. The summed E-state index contributed by atoms with van der Waals surface area (Å²) in [5.74, 6) is -1.11. The minimum atomic E-state index is -0.670. The van der Waals surface area contributed by atoms with Crippen LogP contribution < -0.4 is 10.6 Å². The number of anilines is 2. The van der Waals surface area contributed by atoms with Crippen molar-refractivity contribution in [1.29, 1.82) is 0 Å². The third-order valence-electron chi connectivity index (χ3n) is 5.14. The molecule has 3 aromatic heterocycles. The van der Waals surface area contributed by atoms with Gasteiger partial charge in [0.15, 0.2) is 12.4 Å². The molecule has 11 heteroatoms. The van der Waals surface area contributed by atoms with Crippen molar-refractivity contribution in [3.8, 4) is 0 Å². The second-order valence-corrected chi connectivity index (χ2v) is 8.34. The van der Waals surface area contributed by atoms with Crippen molar-refractivity contribution in [3.05, 3.63) is 69.4 Å². The summed E-state index contributed by atoms with van der Waals surface area (Å²) >= 11 is 1.31. The Hall–Kier alpha value is -4.25. The standard InChI is InChI=1S/C24H22N4O6S/c1-4-32-24(31)18-13(2)34-21-19(18)20(25)26-17(27-21)12-33-23(30)14-8-5-6-9-15(14)28(3)22(29)16-10-7-11-35-16/h5-11H,4,12H2,1-3H3,(H2,25,26,27). The van der Waals surface area contributed by atoms with E-state index in [1.54, 1.807) is 62.7 Å². The molecule has 0 aliphatic heterocycles. The van der Waals surface area contributed by atoms with Crippen LogP contribution in [-0.4, -0.2) is 41.5 Å². The van der Waals surface area contributed by atoms with E-state index < -0.39 is 11.9 Å². The number of benzene rings is 1. The van der Waals surface area contributed by atoms with E-state index in [4.69, 9.17) is 19.6 Å². The van der Waals surface area contributed by atoms with Crippen LogP contribution in [0.4, 0.5) is 11.5 Å². The summed E-state index contributed by atoms with van der Waals surface area (Å²) in [4.78, 5) is 48.2. The fourth-order valence-corrected chi connectivity index (χ4v) is 4.22. The molecule has 0 atom stereocenters. The van der Waals surface area contributed by atoms with Gasteiger partial charge >= 0.3 is 11.9 Å². The maximum Gasteiger partial charge on any atom is 0.342 e. The predicted octanol–water partition coefficient (Wildman–Crippen LogP) is 3.99. The number of nitrogens with two attached hydrogens (primary N) is 1. The second-order valence-electron chi connectivity index (χ2n) is 7.39. The number of amides is 1. The number of fused-ring (bicyclic) bond motifs is 1. The van der Waals surface area contributed by atoms with Crippen LogP contribution in [0.5, 0.6) is 0 Å². The van der Waals surface area contributed by atoms with Gasteiger partial charge in [-0.25, -0.2) is 14.6 Å². The smallest absolute Gasteiger partial charge is 0.342 e. The van der Waals surface area contributed by atoms with Crippen LogP contribution in [0, 0.1) is 6.92 Å². The maximum atomic E-state index is 12.9. The molecule has 1 aromatic carbocycles. The second kappa shape index (κ2) is 9.94. The first-order chi connectivity index (χ1) is 16.8. The number of nitrogen functional groups attached to an aromatic ring is 1. The third kappa shape index (κ3) is 4.71. The van der Waals surface area contributed by atoms with Crippen LogP contribution >= 0.6 is 11.3 Å². The molecule has 2 N–H and O–H groups in total. The van der Waals surface area contributed by atoms with Crippen LogP contribution in [0.25, 0.3) is 11.1 Å². The number of aromatic nitrogens is 2. The maximum absolute atomic E-state index is 12.9. The molecule has 35 heavy (non-hydrogen) atoms. The number of para-hydroxylation sites is 1. The van der Waals surface area contributed by atoms with Gasteiger partial charge in [-0.15, -0.1) is 11.3 Å². The van der Waals surface area contributed by atoms with Crippen molar-refractivity contribution in [3.63, 3.8) is 0 Å². The van der Waals surface area contributed by atoms with Crippen molar-refractivity contribution in [1.82, 2.24) is 9.97 Å². The Kier molecular flexibility index (Phi) is 6.78. The van der Waals surface area contributed by atoms with Gasteiger partial charge in [0.1, 0.15) is 17.1 Å². The molecule has 1 amide bonds. The number of furan rings is 1. The molecule has 0 spiro atoms. The zero-order valence-corrected chi connectivity index (χ0v) is 20.0. The van der Waals surface area contributed by atoms with Crippen molar-refractivity contribution < 1.29 is 28.3 Å². The van der Waals surface area contributed by atoms with Gasteiger partial charge in [-0.3, -0.25) is 4.79 Å². The van der Waals surface area contributed by atoms with Crippen molar-refractivity contribution in [2.75, 3.05) is 24.3 Å². The van der Waals surface area contributed by atoms with Crippen LogP contribution in [0.2, 0.25) is 0 Å². The number of ether oxygens (including phenoxy) is 2. The SMILES string of the molecule is CCOC(=O)c1c(C)oc2nc(COC(=O)c3ccccc3N(C)C(=O)c3cccs3)nc(N)c12. The number of carbonyl (C=O) groups is 3. The molecule has 4 rings (SSSR count). The largest absolute Gasteiger partial charge is 0.462 e. The zero-order chi connectivity index (χ0) is 25.1. The number of nitrogens with zero attached hydrogens (tertiary/aromatic N) is 3. The summed E-state index contributed by atoms with van der Waals surface area (Å²) in [5.41, 5.74) is 6.91. The van der Waals surface area contributed by atoms with E-state index in [9.17, 15) is 14.4 Å². The third-order valence-corrected chi connectivity index (χ3v) is 5.99. The van der Waals surface area contributed by atoms with Crippen LogP contribution in [-0.2, 0) is 16.1 Å². The number of aryl methyl sites for hydroxylation is 1. The van der Waals surface area contributed by atoms with Crippen molar-refractivity contribution in [2.45, 2.75) is 20.5 Å². The van der Waals surface area contributed by atoms with Gasteiger partial charge in [0.05, 0.1) is 28.1 Å². The minimum Gasteiger partial charge on any atom is -0.462 e. The highest BCUT2D eigenvalue weighted by atomic mass is 32.1. The minimum absolute atomic E-state index is 0.00244. The Balaban J connectivity index is 1.55. The Morgan fingerprint density at radius 1 is 1.09 bits per heavy atom. The molecular formula is C24H22N4O6S. The first-order valence-electron chi connectivity index (χ1n) is 10.6. The number of hydrogen-bond acceptors (Lipinski definition) is 10. The highest BCUT2D eigenvalue weighted by Crippen LogP contribution is 2.29. The Labute approximate surface area is 204 Å². The fraction of sp³-hybridized carbons (Fsp3) is 0.208. The Bertz CT molecular complexity index is 1410. The predicted molar refractivity (Wildman–Crippen MR) is 130 cm³/mol. The molecule has 0 unspecified atom stereocenters. The molecular weight excluding hydrogens is 472 g/mol. The molecule has 4 aromatic rings. The lowest BCUT2D eigenvalue weighted by atomic mass is 10.1. The van der Waals surface area contributed by atoms with Crippen molar-refractivity contribution >= 4 is 51.8 Å². The molecule has 0 aliphatic rings. The molecule has 0 radical (unpaired) electrons. The quantitative estimate of drug-likeness (QED) is 0.378. The zero-order valence-electron chi connectivity index (χ0n) is 19.2. The number of thiophene rings is 1. The summed E-state index contributed by atoms with van der Waals surface area (Å²) in [7, 11) is 1.59. The molecule has 180 valence electrons. The molecule has 0 fully saturated rings. The normalized spacial score (nSPS) is 10.8. The van der Waals surface area contributed by atoms with Gasteiger partial charge < -0.3 is 24.5 Å². The lowest BCUT2D eigenvalue weighted by Crippen LogP contribution is -2.27. The average Bonchev–Trinajstić information content (AvgIpc) is 3.49. The van der Waals surface area contributed by atoms with Gasteiger partial charge in [-0.1, -0.05) is 18.2 Å². The van der Waals surface area contributed by atoms with Crippen LogP contribution in [0.15, 0.2) is 46.2 Å². The monoisotopic (exact) mass is 494 g/mol. The van der Waals surface area contributed by atoms with E-state index in [0.717, 1.165) is 0 Å². The summed E-state index contributed by atoms with van der Waals surface area (Å²) in [6, 6.07) is 10.1. The fourth-order valence-electron chi connectivity index (χ4n) is 3.52. The molecule has 0 saturated heterocycles. The number of esters is 2. The summed E-state index contributed by atoms with van der Waals surface area (Å²) in [6.07, 6.45) is 0. The van der Waals surface area contributed by atoms with Gasteiger partial charge in [0, 0.05) is 7.05 Å². The lowest BCUT2D eigenvalue weighted by Gasteiger charge is -2.19. The van der Waals surface area contributed by atoms with E-state index in [2.05, 4.69) is 9.97 Å². The molecule has 10 nitrogen and oxygen atoms in total. The van der Waals surface area contributed by atoms with Crippen molar-refractivity contribution in [2.24, 2.45) is 0 Å². The number of rotatable bonds is 7. The van der Waals surface area contributed by atoms with E-state index in [0.29, 0.717) is 16.3 Å². The topological polar surface area (TPSA) is 138 Å². The summed E-state index contributed by atoms with van der Waals surface area (Å²) in [5, 5.41) is 2.05. The van der Waals surface area contributed by atoms with E-state index in [1.165, 1.54) is 16.2 Å².